The summed E-state index contributed by atoms with van der Waals surface area (Å²) in [6.45, 7) is 8.26. The van der Waals surface area contributed by atoms with Crippen molar-refractivity contribution in [2.45, 2.75) is 59.0 Å². The minimum atomic E-state index is -0.616. The van der Waals surface area contributed by atoms with Crippen LogP contribution in [-0.4, -0.2) is 59.6 Å². The van der Waals surface area contributed by atoms with Gasteiger partial charge in [0.05, 0.1) is 18.4 Å². The number of likely N-dealkylation sites (tertiary alicyclic amines) is 1. The van der Waals surface area contributed by atoms with Crippen molar-refractivity contribution in [3.05, 3.63) is 12.2 Å². The first-order valence-electron chi connectivity index (χ1n) is 10.4. The van der Waals surface area contributed by atoms with Gasteiger partial charge in [0.1, 0.15) is 6.04 Å². The third kappa shape index (κ3) is 4.74. The van der Waals surface area contributed by atoms with Crippen LogP contribution in [0.15, 0.2) is 12.2 Å². The molecule has 0 saturated carbocycles. The van der Waals surface area contributed by atoms with E-state index in [1.54, 1.807) is 11.8 Å². The second-order valence-electron chi connectivity index (χ2n) is 8.05. The maximum atomic E-state index is 13.3. The Balaban J connectivity index is 2.32. The SMILES string of the molecule is CCOC(=O)[C@H]1[C@H]2C(=O)N(CCCCCO)[C@H](C(=O)NC(C)C)[C@H]2C=C[C@H]1C. The molecule has 1 fully saturated rings. The molecule has 0 aromatic carbocycles. The lowest BCUT2D eigenvalue weighted by Gasteiger charge is -2.32. The van der Waals surface area contributed by atoms with Crippen LogP contribution in [0.4, 0.5) is 0 Å². The first kappa shape index (κ1) is 22.4. The number of unbranched alkanes of at least 4 members (excludes halogenated alkanes) is 2. The number of ether oxygens (including phenoxy) is 1. The van der Waals surface area contributed by atoms with Crippen molar-refractivity contribution in [3.8, 4) is 0 Å². The van der Waals surface area contributed by atoms with E-state index in [2.05, 4.69) is 5.32 Å². The van der Waals surface area contributed by atoms with Crippen molar-refractivity contribution < 1.29 is 24.2 Å². The van der Waals surface area contributed by atoms with Crippen molar-refractivity contribution in [1.29, 1.82) is 0 Å². The van der Waals surface area contributed by atoms with E-state index in [1.165, 1.54) is 0 Å². The average molecular weight is 395 g/mol. The quantitative estimate of drug-likeness (QED) is 0.351. The number of aliphatic hydroxyl groups excluding tert-OH is 1. The molecule has 0 spiro atoms. The molecule has 7 heteroatoms. The number of nitrogens with zero attached hydrogens (tertiary/aromatic N) is 1. The van der Waals surface area contributed by atoms with Crippen LogP contribution >= 0.6 is 0 Å². The molecule has 2 amide bonds. The van der Waals surface area contributed by atoms with Crippen LogP contribution in [0.5, 0.6) is 0 Å². The number of esters is 1. The van der Waals surface area contributed by atoms with Crippen molar-refractivity contribution in [1.82, 2.24) is 10.2 Å². The fraction of sp³-hybridized carbons (Fsp3) is 0.762. The summed E-state index contributed by atoms with van der Waals surface area (Å²) in [5.74, 6) is -2.29. The lowest BCUT2D eigenvalue weighted by atomic mass is 9.70. The molecule has 5 atom stereocenters. The number of fused-ring (bicyclic) bond motifs is 1. The fourth-order valence-electron chi connectivity index (χ4n) is 4.37. The third-order valence-corrected chi connectivity index (χ3v) is 5.59. The number of nitrogens with one attached hydrogen (secondary N) is 1. The molecule has 2 aliphatic rings. The number of carbonyl (C=O) groups excluding carboxylic acids is 3. The van der Waals surface area contributed by atoms with E-state index in [4.69, 9.17) is 9.84 Å². The normalized spacial score (nSPS) is 29.1. The molecule has 158 valence electrons. The van der Waals surface area contributed by atoms with Crippen LogP contribution in [0.3, 0.4) is 0 Å². The van der Waals surface area contributed by atoms with Gasteiger partial charge < -0.3 is 20.1 Å². The van der Waals surface area contributed by atoms with Gasteiger partial charge in [0.25, 0.3) is 0 Å². The Morgan fingerprint density at radius 1 is 1.25 bits per heavy atom. The number of rotatable bonds is 9. The van der Waals surface area contributed by atoms with E-state index in [9.17, 15) is 14.4 Å². The van der Waals surface area contributed by atoms with Gasteiger partial charge >= 0.3 is 5.97 Å². The van der Waals surface area contributed by atoms with E-state index in [-0.39, 0.29) is 48.9 Å². The van der Waals surface area contributed by atoms with Gasteiger partial charge in [-0.15, -0.1) is 0 Å². The molecule has 1 aliphatic carbocycles. The molecule has 1 saturated heterocycles. The zero-order valence-corrected chi connectivity index (χ0v) is 17.4. The monoisotopic (exact) mass is 394 g/mol. The number of carbonyl (C=O) groups is 3. The summed E-state index contributed by atoms with van der Waals surface area (Å²) in [6.07, 6.45) is 6.02. The molecular formula is C21H34N2O5. The summed E-state index contributed by atoms with van der Waals surface area (Å²) < 4.78 is 5.25. The third-order valence-electron chi connectivity index (χ3n) is 5.59. The molecule has 2 N–H and O–H groups in total. The topological polar surface area (TPSA) is 95.9 Å². The summed E-state index contributed by atoms with van der Waals surface area (Å²) in [6, 6.07) is -0.653. The number of hydrogen-bond donors (Lipinski definition) is 2. The van der Waals surface area contributed by atoms with Crippen molar-refractivity contribution in [2.24, 2.45) is 23.7 Å². The molecule has 2 rings (SSSR count). The minimum absolute atomic E-state index is 0.0368. The minimum Gasteiger partial charge on any atom is -0.466 e. The Kier molecular flexibility index (Phi) is 8.04. The molecule has 0 aromatic rings. The van der Waals surface area contributed by atoms with E-state index in [1.807, 2.05) is 32.9 Å². The smallest absolute Gasteiger partial charge is 0.310 e. The molecule has 0 radical (unpaired) electrons. The van der Waals surface area contributed by atoms with Crippen LogP contribution in [0.2, 0.25) is 0 Å². The maximum Gasteiger partial charge on any atom is 0.310 e. The lowest BCUT2D eigenvalue weighted by molar-refractivity contribution is -0.155. The number of allylic oxidation sites excluding steroid dienone is 1. The molecule has 0 bridgehead atoms. The maximum absolute atomic E-state index is 13.3. The molecule has 28 heavy (non-hydrogen) atoms. The Hall–Kier alpha value is -1.89. The van der Waals surface area contributed by atoms with E-state index in [0.717, 1.165) is 6.42 Å². The highest BCUT2D eigenvalue weighted by Gasteiger charge is 2.56. The summed E-state index contributed by atoms with van der Waals surface area (Å²) in [5, 5.41) is 11.9. The summed E-state index contributed by atoms with van der Waals surface area (Å²) >= 11 is 0. The highest BCUT2D eigenvalue weighted by molar-refractivity contribution is 5.96. The average Bonchev–Trinajstić information content (AvgIpc) is 2.90. The first-order chi connectivity index (χ1) is 13.3. The van der Waals surface area contributed by atoms with E-state index < -0.39 is 17.9 Å². The number of aliphatic hydroxyl groups is 1. The fourth-order valence-corrected chi connectivity index (χ4v) is 4.37. The van der Waals surface area contributed by atoms with Crippen LogP contribution in [0.25, 0.3) is 0 Å². The van der Waals surface area contributed by atoms with Gasteiger partial charge in [-0.3, -0.25) is 14.4 Å². The van der Waals surface area contributed by atoms with Gasteiger partial charge in [-0.1, -0.05) is 19.1 Å². The first-order valence-corrected chi connectivity index (χ1v) is 10.4. The van der Waals surface area contributed by atoms with Gasteiger partial charge in [-0.2, -0.15) is 0 Å². The highest BCUT2D eigenvalue weighted by Crippen LogP contribution is 2.44. The molecule has 0 aromatic heterocycles. The highest BCUT2D eigenvalue weighted by atomic mass is 16.5. The molecule has 7 nitrogen and oxygen atoms in total. The van der Waals surface area contributed by atoms with Gasteiger partial charge in [-0.05, 0) is 46.0 Å². The van der Waals surface area contributed by atoms with Gasteiger partial charge in [0.2, 0.25) is 11.8 Å². The molecule has 1 heterocycles. The second kappa shape index (κ2) is 10.0. The predicted molar refractivity (Wildman–Crippen MR) is 105 cm³/mol. The van der Waals surface area contributed by atoms with Crippen molar-refractivity contribution >= 4 is 17.8 Å². The predicted octanol–water partition coefficient (Wildman–Crippen LogP) is 1.50. The van der Waals surface area contributed by atoms with Crippen LogP contribution in [0, 0.1) is 23.7 Å². The summed E-state index contributed by atoms with van der Waals surface area (Å²) in [4.78, 5) is 40.5. The Bertz CT molecular complexity index is 604. The lowest BCUT2D eigenvalue weighted by Crippen LogP contribution is -2.49. The molecule has 1 aliphatic heterocycles. The zero-order valence-electron chi connectivity index (χ0n) is 17.4. The Labute approximate surface area is 167 Å². The van der Waals surface area contributed by atoms with Crippen LogP contribution < -0.4 is 5.32 Å². The van der Waals surface area contributed by atoms with Crippen molar-refractivity contribution in [2.75, 3.05) is 19.8 Å². The molecule has 0 unspecified atom stereocenters. The summed E-state index contributed by atoms with van der Waals surface area (Å²) in [7, 11) is 0. The number of amides is 2. The van der Waals surface area contributed by atoms with Crippen molar-refractivity contribution in [3.63, 3.8) is 0 Å². The van der Waals surface area contributed by atoms with E-state index >= 15 is 0 Å². The van der Waals surface area contributed by atoms with Gasteiger partial charge in [-0.25, -0.2) is 0 Å². The Morgan fingerprint density at radius 3 is 2.57 bits per heavy atom. The van der Waals surface area contributed by atoms with E-state index in [0.29, 0.717) is 19.4 Å². The second-order valence-corrected chi connectivity index (χ2v) is 8.05. The van der Waals surface area contributed by atoms with Crippen LogP contribution in [-0.2, 0) is 19.1 Å². The van der Waals surface area contributed by atoms with Gasteiger partial charge in [0.15, 0.2) is 0 Å². The number of hydrogen-bond acceptors (Lipinski definition) is 5. The standard InChI is InChI=1S/C21H34N2O5/c1-5-28-21(27)16-14(4)9-10-15-17(16)20(26)23(11-7-6-8-12-24)18(15)19(25)22-13(2)3/h9-10,13-18,24H,5-8,11-12H2,1-4H3,(H,22,25)/t14-,15+,16-,17+,18+/m1/s1. The summed E-state index contributed by atoms with van der Waals surface area (Å²) in [5.41, 5.74) is 0. The Morgan fingerprint density at radius 2 is 1.96 bits per heavy atom. The van der Waals surface area contributed by atoms with Crippen LogP contribution in [0.1, 0.15) is 47.0 Å². The van der Waals surface area contributed by atoms with Gasteiger partial charge in [0, 0.05) is 25.1 Å². The zero-order chi connectivity index (χ0) is 20.8. The molecular weight excluding hydrogens is 360 g/mol. The largest absolute Gasteiger partial charge is 0.466 e.